The molecule has 1 N–H and O–H groups in total. The second-order valence-corrected chi connectivity index (χ2v) is 6.07. The Morgan fingerprint density at radius 1 is 1.30 bits per heavy atom. The van der Waals surface area contributed by atoms with Gasteiger partial charge < -0.3 is 19.7 Å². The number of hydrogen-bond acceptors (Lipinski definition) is 6. The monoisotopic (exact) mass is 335 g/mol. The predicted molar refractivity (Wildman–Crippen MR) is 90.3 cm³/mol. The van der Waals surface area contributed by atoms with E-state index in [1.165, 1.54) is 11.3 Å². The van der Waals surface area contributed by atoms with Gasteiger partial charge in [-0.3, -0.25) is 4.79 Å². The number of nitrogens with one attached hydrogen (secondary N) is 1. The van der Waals surface area contributed by atoms with Crippen LogP contribution < -0.4 is 14.8 Å². The smallest absolute Gasteiger partial charge is 0.270 e. The molecule has 0 fully saturated rings. The van der Waals surface area contributed by atoms with Gasteiger partial charge in [-0.25, -0.2) is 4.98 Å². The van der Waals surface area contributed by atoms with Crippen LogP contribution in [0.4, 0.5) is 0 Å². The Kier molecular flexibility index (Phi) is 6.37. The highest BCUT2D eigenvalue weighted by molar-refractivity contribution is 7.09. The number of para-hydroxylation sites is 2. The number of rotatable bonds is 8. The summed E-state index contributed by atoms with van der Waals surface area (Å²) in [5.74, 6) is 1.17. The number of amides is 1. The average Bonchev–Trinajstić information content (AvgIpc) is 3.01. The molecule has 0 aliphatic rings. The number of methoxy groups -OCH3 is 1. The molecule has 0 saturated heterocycles. The highest BCUT2D eigenvalue weighted by atomic mass is 32.1. The topological polar surface area (TPSA) is 63.7 Å². The van der Waals surface area contributed by atoms with Crippen molar-refractivity contribution in [2.24, 2.45) is 0 Å². The zero-order chi connectivity index (χ0) is 16.7. The minimum atomic E-state index is -0.161. The molecule has 0 bridgehead atoms. The molecule has 1 amide bonds. The van der Waals surface area contributed by atoms with Crippen molar-refractivity contribution in [3.8, 4) is 11.5 Å². The standard InChI is InChI=1S/C16H21N3O3S/c1-19(2)9-8-17-16(20)12-11-23-15(18-12)10-22-14-7-5-4-6-13(14)21-3/h4-7,11H,8-10H2,1-3H3,(H,17,20). The molecule has 1 aromatic heterocycles. The average molecular weight is 335 g/mol. The fourth-order valence-electron chi connectivity index (χ4n) is 1.84. The molecule has 124 valence electrons. The number of thiazole rings is 1. The van der Waals surface area contributed by atoms with Crippen molar-refractivity contribution in [2.45, 2.75) is 6.61 Å². The first kappa shape index (κ1) is 17.2. The molecular formula is C16H21N3O3S. The fraction of sp³-hybridized carbons (Fsp3) is 0.375. The number of carbonyl (C=O) groups is 1. The van der Waals surface area contributed by atoms with E-state index in [1.54, 1.807) is 12.5 Å². The van der Waals surface area contributed by atoms with Crippen molar-refractivity contribution >= 4 is 17.2 Å². The number of likely N-dealkylation sites (N-methyl/N-ethyl adjacent to an activating group) is 1. The summed E-state index contributed by atoms with van der Waals surface area (Å²) >= 11 is 1.40. The molecule has 1 aromatic carbocycles. The van der Waals surface area contributed by atoms with E-state index < -0.39 is 0 Å². The SMILES string of the molecule is COc1ccccc1OCc1nc(C(=O)NCCN(C)C)cs1. The zero-order valence-electron chi connectivity index (χ0n) is 13.5. The van der Waals surface area contributed by atoms with E-state index in [-0.39, 0.29) is 5.91 Å². The Labute approximate surface area is 140 Å². The van der Waals surface area contributed by atoms with Crippen LogP contribution in [-0.4, -0.2) is 50.1 Å². The van der Waals surface area contributed by atoms with Crippen LogP contribution in [0.1, 0.15) is 15.5 Å². The second kappa shape index (κ2) is 8.50. The molecule has 23 heavy (non-hydrogen) atoms. The Morgan fingerprint density at radius 3 is 2.74 bits per heavy atom. The van der Waals surface area contributed by atoms with Gasteiger partial charge in [-0.15, -0.1) is 11.3 Å². The summed E-state index contributed by atoms with van der Waals surface area (Å²) in [4.78, 5) is 18.3. The summed E-state index contributed by atoms with van der Waals surface area (Å²) in [5.41, 5.74) is 0.424. The van der Waals surface area contributed by atoms with Gasteiger partial charge in [0.15, 0.2) is 11.5 Å². The Bertz CT molecular complexity index is 643. The molecule has 0 aliphatic carbocycles. The Morgan fingerprint density at radius 2 is 2.04 bits per heavy atom. The Hall–Kier alpha value is -2.12. The van der Waals surface area contributed by atoms with Crippen molar-refractivity contribution in [2.75, 3.05) is 34.3 Å². The third-order valence-electron chi connectivity index (χ3n) is 3.05. The van der Waals surface area contributed by atoms with Crippen LogP contribution in [0.3, 0.4) is 0 Å². The molecule has 7 heteroatoms. The molecular weight excluding hydrogens is 314 g/mol. The first-order valence-corrected chi connectivity index (χ1v) is 8.11. The molecule has 2 aromatic rings. The van der Waals surface area contributed by atoms with Crippen molar-refractivity contribution in [1.82, 2.24) is 15.2 Å². The number of carbonyl (C=O) groups excluding carboxylic acids is 1. The molecule has 0 unspecified atom stereocenters. The van der Waals surface area contributed by atoms with Gasteiger partial charge in [-0.05, 0) is 26.2 Å². The highest BCUT2D eigenvalue weighted by Gasteiger charge is 2.11. The van der Waals surface area contributed by atoms with Gasteiger partial charge in [0.1, 0.15) is 17.3 Å². The van der Waals surface area contributed by atoms with Gasteiger partial charge in [0.25, 0.3) is 5.91 Å². The van der Waals surface area contributed by atoms with E-state index >= 15 is 0 Å². The van der Waals surface area contributed by atoms with E-state index in [4.69, 9.17) is 9.47 Å². The van der Waals surface area contributed by atoms with Crippen LogP contribution in [-0.2, 0) is 6.61 Å². The fourth-order valence-corrected chi connectivity index (χ4v) is 2.53. The van der Waals surface area contributed by atoms with Crippen LogP contribution in [0.5, 0.6) is 11.5 Å². The van der Waals surface area contributed by atoms with Crippen molar-refractivity contribution in [3.05, 3.63) is 40.3 Å². The van der Waals surface area contributed by atoms with E-state index in [0.29, 0.717) is 30.3 Å². The third-order valence-corrected chi connectivity index (χ3v) is 3.87. The van der Waals surface area contributed by atoms with Crippen LogP contribution in [0.25, 0.3) is 0 Å². The number of nitrogens with zero attached hydrogens (tertiary/aromatic N) is 2. The summed E-state index contributed by atoms with van der Waals surface area (Å²) in [5, 5.41) is 5.32. The van der Waals surface area contributed by atoms with Crippen molar-refractivity contribution in [3.63, 3.8) is 0 Å². The van der Waals surface area contributed by atoms with Crippen LogP contribution in [0.2, 0.25) is 0 Å². The van der Waals surface area contributed by atoms with E-state index in [2.05, 4.69) is 10.3 Å². The van der Waals surface area contributed by atoms with Gasteiger partial charge in [0.05, 0.1) is 7.11 Å². The van der Waals surface area contributed by atoms with Gasteiger partial charge in [0, 0.05) is 18.5 Å². The molecule has 6 nitrogen and oxygen atoms in total. The molecule has 2 rings (SSSR count). The number of hydrogen-bond donors (Lipinski definition) is 1. The maximum absolute atomic E-state index is 12.0. The summed E-state index contributed by atoms with van der Waals surface area (Å²) in [6.07, 6.45) is 0. The van der Waals surface area contributed by atoms with Crippen LogP contribution in [0, 0.1) is 0 Å². The minimum absolute atomic E-state index is 0.161. The minimum Gasteiger partial charge on any atom is -0.493 e. The number of ether oxygens (including phenoxy) is 2. The molecule has 0 aliphatic heterocycles. The summed E-state index contributed by atoms with van der Waals surface area (Å²) in [6.45, 7) is 1.69. The third kappa shape index (κ3) is 5.22. The summed E-state index contributed by atoms with van der Waals surface area (Å²) in [7, 11) is 5.52. The largest absolute Gasteiger partial charge is 0.493 e. The summed E-state index contributed by atoms with van der Waals surface area (Å²) < 4.78 is 10.9. The lowest BCUT2D eigenvalue weighted by molar-refractivity contribution is 0.0946. The lowest BCUT2D eigenvalue weighted by Crippen LogP contribution is -2.31. The highest BCUT2D eigenvalue weighted by Crippen LogP contribution is 2.26. The van der Waals surface area contributed by atoms with Gasteiger partial charge >= 0.3 is 0 Å². The molecule has 1 heterocycles. The van der Waals surface area contributed by atoms with E-state index in [0.717, 1.165) is 11.6 Å². The van der Waals surface area contributed by atoms with Crippen molar-refractivity contribution in [1.29, 1.82) is 0 Å². The number of aromatic nitrogens is 1. The molecule has 0 atom stereocenters. The maximum atomic E-state index is 12.0. The molecule has 0 spiro atoms. The van der Waals surface area contributed by atoms with Crippen molar-refractivity contribution < 1.29 is 14.3 Å². The maximum Gasteiger partial charge on any atom is 0.270 e. The van der Waals surface area contributed by atoms with Gasteiger partial charge in [-0.2, -0.15) is 0 Å². The van der Waals surface area contributed by atoms with E-state index in [1.807, 2.05) is 43.3 Å². The zero-order valence-corrected chi connectivity index (χ0v) is 14.4. The second-order valence-electron chi connectivity index (χ2n) is 5.13. The first-order chi connectivity index (χ1) is 11.1. The van der Waals surface area contributed by atoms with Crippen LogP contribution >= 0.6 is 11.3 Å². The number of benzene rings is 1. The Balaban J connectivity index is 1.88. The lowest BCUT2D eigenvalue weighted by atomic mass is 10.3. The van der Waals surface area contributed by atoms with Gasteiger partial charge in [0.2, 0.25) is 0 Å². The molecule has 0 saturated carbocycles. The predicted octanol–water partition coefficient (Wildman–Crippen LogP) is 2.02. The van der Waals surface area contributed by atoms with Gasteiger partial charge in [-0.1, -0.05) is 12.1 Å². The van der Waals surface area contributed by atoms with E-state index in [9.17, 15) is 4.79 Å². The van der Waals surface area contributed by atoms with Crippen LogP contribution in [0.15, 0.2) is 29.6 Å². The first-order valence-electron chi connectivity index (χ1n) is 7.23. The lowest BCUT2D eigenvalue weighted by Gasteiger charge is -2.09. The quantitative estimate of drug-likeness (QED) is 0.800. The molecule has 0 radical (unpaired) electrons. The normalized spacial score (nSPS) is 10.6. The summed E-state index contributed by atoms with van der Waals surface area (Å²) in [6, 6.07) is 7.43.